The molecule has 0 aliphatic carbocycles. The Morgan fingerprint density at radius 2 is 1.68 bits per heavy atom. The molecule has 4 nitrogen and oxygen atoms in total. The molecule has 0 aromatic heterocycles. The van der Waals surface area contributed by atoms with Gasteiger partial charge in [-0.1, -0.05) is 18.2 Å². The highest BCUT2D eigenvalue weighted by molar-refractivity contribution is 5.81. The van der Waals surface area contributed by atoms with Gasteiger partial charge in [0.1, 0.15) is 5.75 Å². The van der Waals surface area contributed by atoms with E-state index in [0.29, 0.717) is 13.1 Å². The Kier molecular flexibility index (Phi) is 5.16. The fraction of sp³-hybridized carbons (Fsp3) is 0.316. The molecule has 6 heteroatoms. The van der Waals surface area contributed by atoms with Gasteiger partial charge in [-0.2, -0.15) is 0 Å². The van der Waals surface area contributed by atoms with Crippen molar-refractivity contribution in [3.8, 4) is 5.75 Å². The number of anilines is 1. The summed E-state index contributed by atoms with van der Waals surface area (Å²) in [5.41, 5.74) is 1.14. The lowest BCUT2D eigenvalue weighted by Gasteiger charge is -2.37. The fourth-order valence-electron chi connectivity index (χ4n) is 2.89. The molecule has 0 bridgehead atoms. The van der Waals surface area contributed by atoms with Crippen molar-refractivity contribution in [1.29, 1.82) is 0 Å². The van der Waals surface area contributed by atoms with Gasteiger partial charge in [-0.25, -0.2) is 8.78 Å². The standard InChI is InChI=1S/C19H20F2N2O2/c1-14(25-16-7-8-17(20)18(21)13-16)19(24)23-11-9-22(10-12-23)15-5-3-2-4-6-15/h2-8,13-14H,9-12H2,1H3. The Balaban J connectivity index is 1.55. The van der Waals surface area contributed by atoms with Crippen LogP contribution in [0.1, 0.15) is 6.92 Å². The summed E-state index contributed by atoms with van der Waals surface area (Å²) in [6, 6.07) is 13.3. The van der Waals surface area contributed by atoms with Crippen molar-refractivity contribution in [1.82, 2.24) is 4.90 Å². The van der Waals surface area contributed by atoms with Crippen molar-refractivity contribution < 1.29 is 18.3 Å². The van der Waals surface area contributed by atoms with Crippen LogP contribution in [-0.2, 0) is 4.79 Å². The molecule has 1 heterocycles. The fourth-order valence-corrected chi connectivity index (χ4v) is 2.89. The highest BCUT2D eigenvalue weighted by atomic mass is 19.2. The number of carbonyl (C=O) groups is 1. The van der Waals surface area contributed by atoms with Crippen LogP contribution in [0.3, 0.4) is 0 Å². The summed E-state index contributed by atoms with van der Waals surface area (Å²) < 4.78 is 31.7. The van der Waals surface area contributed by atoms with Crippen molar-refractivity contribution in [3.63, 3.8) is 0 Å². The lowest BCUT2D eigenvalue weighted by Crippen LogP contribution is -2.52. The molecule has 0 N–H and O–H groups in total. The number of para-hydroxylation sites is 1. The normalized spacial score (nSPS) is 15.8. The van der Waals surface area contributed by atoms with E-state index < -0.39 is 17.7 Å². The second-order valence-corrected chi connectivity index (χ2v) is 5.98. The largest absolute Gasteiger partial charge is 0.481 e. The van der Waals surface area contributed by atoms with E-state index in [0.717, 1.165) is 30.9 Å². The molecule has 2 aromatic carbocycles. The molecule has 1 saturated heterocycles. The van der Waals surface area contributed by atoms with Gasteiger partial charge in [0.2, 0.25) is 0 Å². The number of ether oxygens (including phenoxy) is 1. The maximum Gasteiger partial charge on any atom is 0.263 e. The number of carbonyl (C=O) groups excluding carboxylic acids is 1. The number of rotatable bonds is 4. The highest BCUT2D eigenvalue weighted by Crippen LogP contribution is 2.19. The predicted octanol–water partition coefficient (Wildman–Crippen LogP) is 3.08. The Morgan fingerprint density at radius 3 is 2.32 bits per heavy atom. The first-order valence-electron chi connectivity index (χ1n) is 8.25. The van der Waals surface area contributed by atoms with Crippen LogP contribution in [-0.4, -0.2) is 43.1 Å². The van der Waals surface area contributed by atoms with E-state index in [9.17, 15) is 13.6 Å². The van der Waals surface area contributed by atoms with Gasteiger partial charge in [-0.05, 0) is 31.2 Å². The number of nitrogens with zero attached hydrogens (tertiary/aromatic N) is 2. The van der Waals surface area contributed by atoms with Crippen LogP contribution in [0.15, 0.2) is 48.5 Å². The number of hydrogen-bond donors (Lipinski definition) is 0. The molecule has 0 radical (unpaired) electrons. The zero-order valence-electron chi connectivity index (χ0n) is 14.0. The van der Waals surface area contributed by atoms with E-state index in [-0.39, 0.29) is 11.7 Å². The third-order valence-corrected chi connectivity index (χ3v) is 4.26. The lowest BCUT2D eigenvalue weighted by atomic mass is 10.2. The molecule has 0 saturated carbocycles. The van der Waals surface area contributed by atoms with Crippen LogP contribution in [0.5, 0.6) is 5.75 Å². The van der Waals surface area contributed by atoms with E-state index >= 15 is 0 Å². The SMILES string of the molecule is CC(Oc1ccc(F)c(F)c1)C(=O)N1CCN(c2ccccc2)CC1. The number of benzene rings is 2. The number of amides is 1. The van der Waals surface area contributed by atoms with E-state index in [1.807, 2.05) is 30.3 Å². The Hall–Kier alpha value is -2.63. The maximum atomic E-state index is 13.2. The Morgan fingerprint density at radius 1 is 1.00 bits per heavy atom. The van der Waals surface area contributed by atoms with E-state index in [1.165, 1.54) is 6.07 Å². The van der Waals surface area contributed by atoms with Crippen molar-refractivity contribution in [2.24, 2.45) is 0 Å². The summed E-state index contributed by atoms with van der Waals surface area (Å²) in [6.07, 6.45) is -0.756. The first-order chi connectivity index (χ1) is 12.0. The summed E-state index contributed by atoms with van der Waals surface area (Å²) in [7, 11) is 0. The summed E-state index contributed by atoms with van der Waals surface area (Å²) in [5, 5.41) is 0. The van der Waals surface area contributed by atoms with Gasteiger partial charge in [0.05, 0.1) is 0 Å². The van der Waals surface area contributed by atoms with Crippen LogP contribution in [0.25, 0.3) is 0 Å². The van der Waals surface area contributed by atoms with Gasteiger partial charge in [0.15, 0.2) is 17.7 Å². The zero-order valence-corrected chi connectivity index (χ0v) is 14.0. The number of hydrogen-bond acceptors (Lipinski definition) is 3. The van der Waals surface area contributed by atoms with Gasteiger partial charge >= 0.3 is 0 Å². The lowest BCUT2D eigenvalue weighted by molar-refractivity contribution is -0.138. The van der Waals surface area contributed by atoms with Crippen molar-refractivity contribution >= 4 is 11.6 Å². The second kappa shape index (κ2) is 7.51. The third-order valence-electron chi connectivity index (χ3n) is 4.26. The van der Waals surface area contributed by atoms with Crippen molar-refractivity contribution in [2.75, 3.05) is 31.1 Å². The van der Waals surface area contributed by atoms with Gasteiger partial charge in [0.25, 0.3) is 5.91 Å². The zero-order chi connectivity index (χ0) is 17.8. The first-order valence-corrected chi connectivity index (χ1v) is 8.25. The quantitative estimate of drug-likeness (QED) is 0.853. The molecular formula is C19H20F2N2O2. The molecule has 1 amide bonds. The average molecular weight is 346 g/mol. The van der Waals surface area contributed by atoms with Gasteiger partial charge in [-0.15, -0.1) is 0 Å². The van der Waals surface area contributed by atoms with E-state index in [1.54, 1.807) is 11.8 Å². The summed E-state index contributed by atoms with van der Waals surface area (Å²) in [4.78, 5) is 16.5. The molecular weight excluding hydrogens is 326 g/mol. The topological polar surface area (TPSA) is 32.8 Å². The van der Waals surface area contributed by atoms with Crippen molar-refractivity contribution in [2.45, 2.75) is 13.0 Å². The van der Waals surface area contributed by atoms with Gasteiger partial charge in [0, 0.05) is 37.9 Å². The monoisotopic (exact) mass is 346 g/mol. The van der Waals surface area contributed by atoms with Gasteiger partial charge < -0.3 is 14.5 Å². The first kappa shape index (κ1) is 17.2. The molecule has 2 aromatic rings. The third kappa shape index (κ3) is 4.07. The van der Waals surface area contributed by atoms with Crippen LogP contribution >= 0.6 is 0 Å². The van der Waals surface area contributed by atoms with Crippen LogP contribution in [0, 0.1) is 11.6 Å². The molecule has 25 heavy (non-hydrogen) atoms. The van der Waals surface area contributed by atoms with Crippen LogP contribution in [0.2, 0.25) is 0 Å². The molecule has 132 valence electrons. The van der Waals surface area contributed by atoms with E-state index in [4.69, 9.17) is 4.74 Å². The Labute approximate surface area is 145 Å². The summed E-state index contributed by atoms with van der Waals surface area (Å²) >= 11 is 0. The van der Waals surface area contributed by atoms with E-state index in [2.05, 4.69) is 4.90 Å². The van der Waals surface area contributed by atoms with Crippen LogP contribution in [0.4, 0.5) is 14.5 Å². The predicted molar refractivity (Wildman–Crippen MR) is 91.7 cm³/mol. The molecule has 3 rings (SSSR count). The molecule has 1 unspecified atom stereocenters. The van der Waals surface area contributed by atoms with Gasteiger partial charge in [-0.3, -0.25) is 4.79 Å². The minimum absolute atomic E-state index is 0.141. The average Bonchev–Trinajstić information content (AvgIpc) is 2.65. The summed E-state index contributed by atoms with van der Waals surface area (Å²) in [5.74, 6) is -1.95. The molecule has 1 atom stereocenters. The second-order valence-electron chi connectivity index (χ2n) is 5.98. The smallest absolute Gasteiger partial charge is 0.263 e. The minimum atomic E-state index is -0.992. The molecule has 1 fully saturated rings. The molecule has 1 aliphatic heterocycles. The highest BCUT2D eigenvalue weighted by Gasteiger charge is 2.26. The summed E-state index contributed by atoms with van der Waals surface area (Å²) in [6.45, 7) is 4.30. The molecule has 1 aliphatic rings. The van der Waals surface area contributed by atoms with Crippen LogP contribution < -0.4 is 9.64 Å². The maximum absolute atomic E-state index is 13.2. The number of halogens is 2. The van der Waals surface area contributed by atoms with Crippen molar-refractivity contribution in [3.05, 3.63) is 60.2 Å². The Bertz CT molecular complexity index is 731. The number of piperazine rings is 1. The minimum Gasteiger partial charge on any atom is -0.481 e. The molecule has 0 spiro atoms.